The summed E-state index contributed by atoms with van der Waals surface area (Å²) in [5.74, 6) is 1.44. The molecule has 2 aromatic rings. The molecule has 0 spiro atoms. The summed E-state index contributed by atoms with van der Waals surface area (Å²) >= 11 is 0. The molecule has 8 nitrogen and oxygen atoms in total. The Kier molecular flexibility index (Phi) is 8.71. The number of nitrogens with zero attached hydrogens (tertiary/aromatic N) is 3. The number of nitrogens with one attached hydrogen (secondary N) is 1. The number of ether oxygens (including phenoxy) is 2. The highest BCUT2D eigenvalue weighted by Crippen LogP contribution is 2.28. The average Bonchev–Trinajstić information content (AvgIpc) is 3.20. The van der Waals surface area contributed by atoms with Gasteiger partial charge in [0.15, 0.2) is 6.61 Å². The summed E-state index contributed by atoms with van der Waals surface area (Å²) < 4.78 is 52.1. The zero-order chi connectivity index (χ0) is 25.5. The van der Waals surface area contributed by atoms with Crippen LogP contribution in [0.4, 0.5) is 13.2 Å². The number of halogens is 3. The topological polar surface area (TPSA) is 89.7 Å². The molecule has 11 heteroatoms. The van der Waals surface area contributed by atoms with E-state index in [1.54, 1.807) is 6.07 Å². The van der Waals surface area contributed by atoms with Crippen LogP contribution in [0.1, 0.15) is 49.1 Å². The van der Waals surface area contributed by atoms with E-state index in [2.05, 4.69) is 20.4 Å². The van der Waals surface area contributed by atoms with Gasteiger partial charge in [-0.15, -0.1) is 0 Å². The van der Waals surface area contributed by atoms with Crippen LogP contribution in [0.2, 0.25) is 0 Å². The molecule has 1 aliphatic carbocycles. The first-order valence-corrected chi connectivity index (χ1v) is 12.5. The van der Waals surface area contributed by atoms with Crippen LogP contribution >= 0.6 is 0 Å². The van der Waals surface area contributed by atoms with E-state index in [1.165, 1.54) is 13.2 Å². The van der Waals surface area contributed by atoms with E-state index in [-0.39, 0.29) is 24.2 Å². The minimum absolute atomic E-state index is 0.0314. The Morgan fingerprint density at radius 2 is 1.94 bits per heavy atom. The third-order valence-corrected chi connectivity index (χ3v) is 6.94. The van der Waals surface area contributed by atoms with Gasteiger partial charge in [0.1, 0.15) is 5.76 Å². The molecular formula is C25H33F3N4O4. The van der Waals surface area contributed by atoms with Gasteiger partial charge in [-0.25, -0.2) is 4.98 Å². The van der Waals surface area contributed by atoms with Gasteiger partial charge in [0.2, 0.25) is 11.8 Å². The lowest BCUT2D eigenvalue weighted by Gasteiger charge is -2.30. The molecule has 1 fully saturated rings. The van der Waals surface area contributed by atoms with Crippen LogP contribution in [0.25, 0.3) is 0 Å². The molecule has 0 saturated heterocycles. The molecule has 1 amide bonds. The van der Waals surface area contributed by atoms with Crippen LogP contribution in [0.15, 0.2) is 22.7 Å². The number of rotatable bonds is 9. The number of methoxy groups -OCH3 is 1. The molecule has 3 heterocycles. The largest absolute Gasteiger partial charge is 0.479 e. The molecule has 0 bridgehead atoms. The number of hydrogen-bond donors (Lipinski definition) is 1. The average molecular weight is 511 g/mol. The van der Waals surface area contributed by atoms with E-state index < -0.39 is 12.8 Å². The van der Waals surface area contributed by atoms with Crippen molar-refractivity contribution in [3.63, 3.8) is 0 Å². The third-order valence-electron chi connectivity index (χ3n) is 6.94. The molecule has 36 heavy (non-hydrogen) atoms. The zero-order valence-electron chi connectivity index (χ0n) is 20.5. The maximum Gasteiger partial charge on any atom is 0.422 e. The maximum atomic E-state index is 12.4. The quantitative estimate of drug-likeness (QED) is 0.550. The predicted octanol–water partition coefficient (Wildman–Crippen LogP) is 3.73. The predicted molar refractivity (Wildman–Crippen MR) is 125 cm³/mol. The minimum atomic E-state index is -4.37. The van der Waals surface area contributed by atoms with Gasteiger partial charge in [-0.2, -0.15) is 13.2 Å². The highest BCUT2D eigenvalue weighted by atomic mass is 19.4. The summed E-state index contributed by atoms with van der Waals surface area (Å²) in [6.07, 6.45) is 2.50. The second-order valence-electron chi connectivity index (χ2n) is 9.59. The fourth-order valence-electron chi connectivity index (χ4n) is 4.94. The third kappa shape index (κ3) is 7.84. The normalized spacial score (nSPS) is 20.9. The number of fused-ring (bicyclic) bond motifs is 1. The van der Waals surface area contributed by atoms with Crippen LogP contribution in [0.3, 0.4) is 0 Å². The summed E-state index contributed by atoms with van der Waals surface area (Å²) in [6, 6.07) is 5.17. The maximum absolute atomic E-state index is 12.4. The second kappa shape index (κ2) is 11.9. The Morgan fingerprint density at radius 3 is 2.67 bits per heavy atom. The monoisotopic (exact) mass is 510 g/mol. The lowest BCUT2D eigenvalue weighted by atomic mass is 9.84. The van der Waals surface area contributed by atoms with E-state index in [0.717, 1.165) is 69.4 Å². The fraction of sp³-hybridized carbons (Fsp3) is 0.640. The molecule has 0 aromatic carbocycles. The van der Waals surface area contributed by atoms with Gasteiger partial charge in [-0.1, -0.05) is 6.07 Å². The summed E-state index contributed by atoms with van der Waals surface area (Å²) in [5, 5.41) is 6.82. The number of carbonyl (C=O) groups is 1. The van der Waals surface area contributed by atoms with Gasteiger partial charge < -0.3 is 24.2 Å². The number of amides is 1. The van der Waals surface area contributed by atoms with E-state index in [1.807, 2.05) is 6.07 Å². The van der Waals surface area contributed by atoms with E-state index in [0.29, 0.717) is 24.0 Å². The van der Waals surface area contributed by atoms with E-state index in [9.17, 15) is 18.0 Å². The number of carbonyl (C=O) groups excluding carboxylic acids is 1. The Morgan fingerprint density at radius 1 is 1.17 bits per heavy atom. The van der Waals surface area contributed by atoms with Crippen LogP contribution < -0.4 is 14.8 Å². The lowest BCUT2D eigenvalue weighted by Crippen LogP contribution is -2.39. The molecular weight excluding hydrogens is 477 g/mol. The van der Waals surface area contributed by atoms with Crippen molar-refractivity contribution in [2.45, 2.75) is 63.6 Å². The van der Waals surface area contributed by atoms with Crippen molar-refractivity contribution in [1.82, 2.24) is 20.4 Å². The van der Waals surface area contributed by atoms with Crippen molar-refractivity contribution >= 4 is 5.91 Å². The number of pyridine rings is 1. The van der Waals surface area contributed by atoms with Gasteiger partial charge in [0.05, 0.1) is 13.5 Å². The highest BCUT2D eigenvalue weighted by Gasteiger charge is 2.29. The molecule has 198 valence electrons. The summed E-state index contributed by atoms with van der Waals surface area (Å²) in [4.78, 5) is 19.0. The van der Waals surface area contributed by atoms with Gasteiger partial charge >= 0.3 is 6.18 Å². The molecule has 1 N–H and O–H groups in total. The Balaban J connectivity index is 1.15. The number of aromatic nitrogens is 2. The second-order valence-corrected chi connectivity index (χ2v) is 9.59. The van der Waals surface area contributed by atoms with Crippen molar-refractivity contribution < 1.29 is 32.0 Å². The SMILES string of the molecule is COc1cc(CC(=O)N[C@H]2CC[C@H](CCN3CCc4ccc(OCC(F)(F)F)nc4CC3)CC2)on1. The number of hydrogen-bond acceptors (Lipinski definition) is 7. The summed E-state index contributed by atoms with van der Waals surface area (Å²) in [5.41, 5.74) is 1.91. The first-order valence-electron chi connectivity index (χ1n) is 12.5. The fourth-order valence-corrected chi connectivity index (χ4v) is 4.94. The van der Waals surface area contributed by atoms with Crippen molar-refractivity contribution in [3.05, 3.63) is 35.2 Å². The standard InChI is InChI=1S/C25H33F3N4O4/c1-34-24-15-20(36-31-24)14-22(33)29-19-5-2-17(3-6-19)8-11-32-12-9-18-4-7-23(30-21(18)10-13-32)35-16-25(26,27)28/h4,7,15,17,19H,2-3,5-6,8-14,16H2,1H3,(H,29,33)/t17-,19-. The van der Waals surface area contributed by atoms with Gasteiger partial charge in [-0.3, -0.25) is 4.79 Å². The minimum Gasteiger partial charge on any atom is -0.479 e. The molecule has 0 radical (unpaired) electrons. The molecule has 2 aliphatic rings. The van der Waals surface area contributed by atoms with Crippen LogP contribution in [0, 0.1) is 5.92 Å². The lowest BCUT2D eigenvalue weighted by molar-refractivity contribution is -0.154. The summed E-state index contributed by atoms with van der Waals surface area (Å²) in [7, 11) is 1.50. The van der Waals surface area contributed by atoms with Crippen molar-refractivity contribution in [2.24, 2.45) is 5.92 Å². The van der Waals surface area contributed by atoms with Gasteiger partial charge in [0.25, 0.3) is 5.88 Å². The molecule has 1 saturated carbocycles. The smallest absolute Gasteiger partial charge is 0.422 e. The number of alkyl halides is 3. The van der Waals surface area contributed by atoms with E-state index in [4.69, 9.17) is 14.0 Å². The van der Waals surface area contributed by atoms with E-state index >= 15 is 0 Å². The first kappa shape index (κ1) is 26.2. The van der Waals surface area contributed by atoms with Crippen LogP contribution in [-0.4, -0.2) is 66.5 Å². The first-order chi connectivity index (χ1) is 17.3. The molecule has 0 unspecified atom stereocenters. The van der Waals surface area contributed by atoms with Crippen LogP contribution in [-0.2, 0) is 24.1 Å². The van der Waals surface area contributed by atoms with Gasteiger partial charge in [-0.05, 0) is 61.7 Å². The molecule has 4 rings (SSSR count). The van der Waals surface area contributed by atoms with Gasteiger partial charge in [0, 0.05) is 43.4 Å². The van der Waals surface area contributed by atoms with Crippen molar-refractivity contribution in [3.8, 4) is 11.8 Å². The molecule has 2 aromatic heterocycles. The highest BCUT2D eigenvalue weighted by molar-refractivity contribution is 5.78. The van der Waals surface area contributed by atoms with Crippen molar-refractivity contribution in [1.29, 1.82) is 0 Å². The Labute approximate surface area is 208 Å². The van der Waals surface area contributed by atoms with Crippen molar-refractivity contribution in [2.75, 3.05) is 33.4 Å². The molecule has 1 aliphatic heterocycles. The Hall–Kier alpha value is -2.82. The zero-order valence-corrected chi connectivity index (χ0v) is 20.5. The Bertz CT molecular complexity index is 1010. The molecule has 0 atom stereocenters. The van der Waals surface area contributed by atoms with Crippen LogP contribution in [0.5, 0.6) is 11.8 Å². The summed E-state index contributed by atoms with van der Waals surface area (Å²) in [6.45, 7) is 1.41.